The molecule has 7 heteroatoms. The van der Waals surface area contributed by atoms with Crippen LogP contribution in [0.1, 0.15) is 52.1 Å². The molecule has 30 heavy (non-hydrogen) atoms. The second-order valence-electron chi connectivity index (χ2n) is 9.26. The lowest BCUT2D eigenvalue weighted by atomic mass is 9.97. The summed E-state index contributed by atoms with van der Waals surface area (Å²) in [6.07, 6.45) is 5.68. The Kier molecular flexibility index (Phi) is 5.86. The number of halogens is 3. The van der Waals surface area contributed by atoms with Gasteiger partial charge in [-0.3, -0.25) is 9.71 Å². The predicted molar refractivity (Wildman–Crippen MR) is 122 cm³/mol. The predicted octanol–water partition coefficient (Wildman–Crippen LogP) is 7.14. The first-order valence-electron chi connectivity index (χ1n) is 10.2. The number of fused-ring (bicyclic) bond motifs is 1. The van der Waals surface area contributed by atoms with Crippen LogP contribution in [-0.4, -0.2) is 14.8 Å². The minimum atomic E-state index is -0.545. The van der Waals surface area contributed by atoms with Gasteiger partial charge in [0, 0.05) is 40.5 Å². The fraction of sp³-hybridized carbons (Fsp3) is 0.435. The molecule has 1 fully saturated rings. The summed E-state index contributed by atoms with van der Waals surface area (Å²) in [5, 5.41) is 1.65. The molecular formula is C23H26ClF2N3S. The van der Waals surface area contributed by atoms with E-state index in [-0.39, 0.29) is 27.7 Å². The Hall–Kier alpha value is -1.63. The topological polar surface area (TPSA) is 29.9 Å². The van der Waals surface area contributed by atoms with Crippen LogP contribution in [0.2, 0.25) is 5.02 Å². The van der Waals surface area contributed by atoms with E-state index in [0.29, 0.717) is 5.25 Å². The van der Waals surface area contributed by atoms with Crippen molar-refractivity contribution < 1.29 is 8.78 Å². The summed E-state index contributed by atoms with van der Waals surface area (Å²) < 4.78 is 34.3. The SMILES string of the molecule is CC(NSC1CC1)c1cn(CC(C)(C)C)c2cc(-c3ncc(F)cc3Cl)c(F)cc12. The smallest absolute Gasteiger partial charge is 0.143 e. The molecular weight excluding hydrogens is 424 g/mol. The normalized spacial score (nSPS) is 15.7. The van der Waals surface area contributed by atoms with Gasteiger partial charge in [-0.2, -0.15) is 0 Å². The quantitative estimate of drug-likeness (QED) is 0.405. The van der Waals surface area contributed by atoms with Crippen LogP contribution in [0, 0.1) is 17.0 Å². The van der Waals surface area contributed by atoms with Crippen LogP contribution in [0.5, 0.6) is 0 Å². The molecule has 2 aromatic heterocycles. The molecule has 0 aliphatic heterocycles. The van der Waals surface area contributed by atoms with E-state index in [4.69, 9.17) is 11.6 Å². The number of rotatable bonds is 6. The highest BCUT2D eigenvalue weighted by molar-refractivity contribution is 7.98. The molecule has 3 aromatic rings. The summed E-state index contributed by atoms with van der Waals surface area (Å²) in [7, 11) is 0. The molecule has 0 radical (unpaired) electrons. The van der Waals surface area contributed by atoms with Crippen molar-refractivity contribution in [2.75, 3.05) is 0 Å². The van der Waals surface area contributed by atoms with E-state index in [1.165, 1.54) is 12.8 Å². The highest BCUT2D eigenvalue weighted by Gasteiger charge is 2.25. The Balaban J connectivity index is 1.82. The van der Waals surface area contributed by atoms with Crippen molar-refractivity contribution in [3.05, 3.63) is 52.8 Å². The molecule has 4 rings (SSSR count). The minimum Gasteiger partial charge on any atom is -0.347 e. The first kappa shape index (κ1) is 21.6. The first-order chi connectivity index (χ1) is 14.1. The van der Waals surface area contributed by atoms with Gasteiger partial charge in [-0.1, -0.05) is 44.3 Å². The van der Waals surface area contributed by atoms with Gasteiger partial charge < -0.3 is 4.57 Å². The molecule has 3 nitrogen and oxygen atoms in total. The van der Waals surface area contributed by atoms with Crippen molar-refractivity contribution in [1.82, 2.24) is 14.3 Å². The van der Waals surface area contributed by atoms with Gasteiger partial charge in [-0.05, 0) is 48.9 Å². The van der Waals surface area contributed by atoms with Gasteiger partial charge in [0.15, 0.2) is 0 Å². The fourth-order valence-electron chi connectivity index (χ4n) is 3.57. The maximum Gasteiger partial charge on any atom is 0.143 e. The van der Waals surface area contributed by atoms with E-state index in [2.05, 4.69) is 48.2 Å². The number of benzene rings is 1. The Morgan fingerprint density at radius 3 is 2.63 bits per heavy atom. The third-order valence-electron chi connectivity index (χ3n) is 5.11. The van der Waals surface area contributed by atoms with Crippen molar-refractivity contribution in [3.63, 3.8) is 0 Å². The molecule has 0 bridgehead atoms. The van der Waals surface area contributed by atoms with Crippen LogP contribution in [0.4, 0.5) is 8.78 Å². The summed E-state index contributed by atoms with van der Waals surface area (Å²) in [6, 6.07) is 4.58. The fourth-order valence-corrected chi connectivity index (χ4v) is 4.72. The summed E-state index contributed by atoms with van der Waals surface area (Å²) in [4.78, 5) is 4.05. The van der Waals surface area contributed by atoms with E-state index in [1.807, 2.05) is 0 Å². The van der Waals surface area contributed by atoms with Crippen LogP contribution in [-0.2, 0) is 6.54 Å². The maximum absolute atomic E-state index is 15.2. The molecule has 0 spiro atoms. The van der Waals surface area contributed by atoms with Gasteiger partial charge in [-0.25, -0.2) is 8.78 Å². The lowest BCUT2D eigenvalue weighted by Crippen LogP contribution is -2.15. The number of nitrogens with one attached hydrogen (secondary N) is 1. The van der Waals surface area contributed by atoms with E-state index >= 15 is 4.39 Å². The average molecular weight is 450 g/mol. The second-order valence-corrected chi connectivity index (χ2v) is 10.8. The Morgan fingerprint density at radius 1 is 1.27 bits per heavy atom. The van der Waals surface area contributed by atoms with Crippen molar-refractivity contribution in [2.24, 2.45) is 5.41 Å². The third-order valence-corrected chi connectivity index (χ3v) is 6.69. The van der Waals surface area contributed by atoms with Gasteiger partial charge >= 0.3 is 0 Å². The minimum absolute atomic E-state index is 0.0446. The lowest BCUT2D eigenvalue weighted by molar-refractivity contribution is 0.349. The largest absolute Gasteiger partial charge is 0.347 e. The molecule has 0 saturated heterocycles. The third kappa shape index (κ3) is 4.66. The number of hydrogen-bond acceptors (Lipinski definition) is 3. The van der Waals surface area contributed by atoms with Gasteiger partial charge in [0.05, 0.1) is 16.9 Å². The summed E-state index contributed by atoms with van der Waals surface area (Å²) >= 11 is 7.94. The zero-order chi connectivity index (χ0) is 21.6. The molecule has 1 N–H and O–H groups in total. The zero-order valence-electron chi connectivity index (χ0n) is 17.6. The molecule has 2 heterocycles. The standard InChI is InChI=1S/C23H26ClF2N3S/c1-13(28-30-15-5-6-15)18-11-29(12-23(2,3)4)21-9-17(20(26)8-16(18)21)22-19(24)7-14(25)10-27-22/h7-11,13,15,28H,5-6,12H2,1-4H3. The highest BCUT2D eigenvalue weighted by atomic mass is 35.5. The molecule has 1 aliphatic rings. The number of hydrogen-bond donors (Lipinski definition) is 1. The van der Waals surface area contributed by atoms with Crippen molar-refractivity contribution in [3.8, 4) is 11.3 Å². The zero-order valence-corrected chi connectivity index (χ0v) is 19.2. The molecule has 0 amide bonds. The molecule has 1 saturated carbocycles. The van der Waals surface area contributed by atoms with E-state index in [1.54, 1.807) is 24.1 Å². The van der Waals surface area contributed by atoms with E-state index in [0.717, 1.165) is 35.3 Å². The average Bonchev–Trinajstić information content (AvgIpc) is 3.41. The molecule has 1 aliphatic carbocycles. The Bertz CT molecular complexity index is 1090. The van der Waals surface area contributed by atoms with E-state index in [9.17, 15) is 4.39 Å². The lowest BCUT2D eigenvalue weighted by Gasteiger charge is -2.20. The number of nitrogens with zero attached hydrogens (tertiary/aromatic N) is 2. The van der Waals surface area contributed by atoms with Crippen LogP contribution >= 0.6 is 23.5 Å². The Labute approximate surface area is 185 Å². The molecule has 1 unspecified atom stereocenters. The van der Waals surface area contributed by atoms with Crippen LogP contribution in [0.15, 0.2) is 30.6 Å². The van der Waals surface area contributed by atoms with Crippen LogP contribution in [0.25, 0.3) is 22.2 Å². The summed E-state index contributed by atoms with van der Waals surface area (Å²) in [6.45, 7) is 9.40. The first-order valence-corrected chi connectivity index (χ1v) is 11.4. The van der Waals surface area contributed by atoms with Crippen molar-refractivity contribution >= 4 is 34.5 Å². The van der Waals surface area contributed by atoms with Gasteiger partial charge in [0.2, 0.25) is 0 Å². The van der Waals surface area contributed by atoms with Gasteiger partial charge in [-0.15, -0.1) is 0 Å². The molecule has 160 valence electrons. The summed E-state index contributed by atoms with van der Waals surface area (Å²) in [5.41, 5.74) is 2.55. The number of pyridine rings is 1. The van der Waals surface area contributed by atoms with Crippen molar-refractivity contribution in [1.29, 1.82) is 0 Å². The Morgan fingerprint density at radius 2 is 2.00 bits per heavy atom. The van der Waals surface area contributed by atoms with Gasteiger partial charge in [0.1, 0.15) is 11.6 Å². The maximum atomic E-state index is 15.2. The van der Waals surface area contributed by atoms with Crippen LogP contribution in [0.3, 0.4) is 0 Å². The monoisotopic (exact) mass is 449 g/mol. The van der Waals surface area contributed by atoms with Crippen LogP contribution < -0.4 is 4.72 Å². The molecule has 1 atom stereocenters. The van der Waals surface area contributed by atoms with Crippen molar-refractivity contribution in [2.45, 2.75) is 58.4 Å². The summed E-state index contributed by atoms with van der Waals surface area (Å²) in [5.74, 6) is -0.961. The molecule has 1 aromatic carbocycles. The highest BCUT2D eigenvalue weighted by Crippen LogP contribution is 2.38. The second kappa shape index (κ2) is 8.13. The van der Waals surface area contributed by atoms with Gasteiger partial charge in [0.25, 0.3) is 0 Å². The number of aromatic nitrogens is 2. The van der Waals surface area contributed by atoms with E-state index < -0.39 is 11.6 Å².